The summed E-state index contributed by atoms with van der Waals surface area (Å²) in [4.78, 5) is 30.2. The van der Waals surface area contributed by atoms with Gasteiger partial charge < -0.3 is 14.9 Å². The highest BCUT2D eigenvalue weighted by molar-refractivity contribution is 8.18. The zero-order valence-corrected chi connectivity index (χ0v) is 15.2. The van der Waals surface area contributed by atoms with Crippen LogP contribution in [0.1, 0.15) is 12.0 Å². The van der Waals surface area contributed by atoms with Gasteiger partial charge in [0.2, 0.25) is 0 Å². The number of amides is 1. The van der Waals surface area contributed by atoms with E-state index in [4.69, 9.17) is 5.26 Å². The number of quaternary nitrogens is 1. The lowest BCUT2D eigenvalue weighted by Crippen LogP contribution is -3.14. The van der Waals surface area contributed by atoms with Gasteiger partial charge in [-0.25, -0.2) is 0 Å². The van der Waals surface area contributed by atoms with Crippen LogP contribution < -0.4 is 10.0 Å². The van der Waals surface area contributed by atoms with Crippen molar-refractivity contribution in [3.63, 3.8) is 0 Å². The van der Waals surface area contributed by atoms with E-state index in [1.807, 2.05) is 4.90 Å². The van der Waals surface area contributed by atoms with Crippen molar-refractivity contribution in [1.82, 2.24) is 4.90 Å². The Bertz CT molecular complexity index is 869. The summed E-state index contributed by atoms with van der Waals surface area (Å²) in [5, 5.41) is 31.7. The largest absolute Gasteiger partial charge is 0.868 e. The predicted molar refractivity (Wildman–Crippen MR) is 97.9 cm³/mol. The van der Waals surface area contributed by atoms with Crippen LogP contribution in [-0.4, -0.2) is 53.6 Å². The van der Waals surface area contributed by atoms with Crippen LogP contribution in [0.5, 0.6) is 5.75 Å². The second kappa shape index (κ2) is 8.20. The summed E-state index contributed by atoms with van der Waals surface area (Å²) in [6.45, 7) is 4.09. The summed E-state index contributed by atoms with van der Waals surface area (Å²) in [5.74, 6) is -1.05. The van der Waals surface area contributed by atoms with E-state index in [0.29, 0.717) is 22.1 Å². The highest BCUT2D eigenvalue weighted by atomic mass is 32.2. The third-order valence-electron chi connectivity index (χ3n) is 4.42. The summed E-state index contributed by atoms with van der Waals surface area (Å²) < 4.78 is 0. The van der Waals surface area contributed by atoms with Gasteiger partial charge in [-0.3, -0.25) is 14.9 Å². The lowest BCUT2D eigenvalue weighted by atomic mass is 10.1. The van der Waals surface area contributed by atoms with Crippen LogP contribution >= 0.6 is 11.8 Å². The summed E-state index contributed by atoms with van der Waals surface area (Å²) in [6, 6.07) is 5.89. The number of carbonyl (C=O) groups is 1. The van der Waals surface area contributed by atoms with Crippen molar-refractivity contribution in [3.05, 3.63) is 38.8 Å². The molecule has 0 radical (unpaired) electrons. The van der Waals surface area contributed by atoms with E-state index >= 15 is 0 Å². The second-order valence-corrected chi connectivity index (χ2v) is 7.20. The van der Waals surface area contributed by atoms with Crippen molar-refractivity contribution in [2.75, 3.05) is 32.7 Å². The first-order chi connectivity index (χ1) is 13.0. The van der Waals surface area contributed by atoms with Crippen molar-refractivity contribution in [2.45, 2.75) is 6.42 Å². The maximum absolute atomic E-state index is 12.2. The molecule has 1 aromatic rings. The van der Waals surface area contributed by atoms with Gasteiger partial charge in [0.15, 0.2) is 5.17 Å². The molecule has 1 saturated heterocycles. The standard InChI is InChI=1S/C17H17N5O4S/c18-4-1-5-20-6-8-21(9-7-20)17-19-16(24)15(27-17)11-12-2-3-14(23)13(10-12)22(25)26/h2-3,10-11,23H,1,5-9H2/b15-11+. The number of rotatable bonds is 4. The number of hydrogen-bond donors (Lipinski definition) is 1. The van der Waals surface area contributed by atoms with E-state index in [1.165, 1.54) is 34.9 Å². The second-order valence-electron chi connectivity index (χ2n) is 6.19. The number of hydrogen-bond acceptors (Lipinski definition) is 7. The molecule has 140 valence electrons. The quantitative estimate of drug-likeness (QED) is 0.429. The first kappa shape index (κ1) is 18.9. The van der Waals surface area contributed by atoms with Gasteiger partial charge in [0, 0.05) is 6.07 Å². The fourth-order valence-corrected chi connectivity index (χ4v) is 3.91. The summed E-state index contributed by atoms with van der Waals surface area (Å²) in [7, 11) is 0. The molecular formula is C17H17N5O4S. The number of amidine groups is 1. The molecule has 2 aliphatic rings. The van der Waals surface area contributed by atoms with E-state index < -0.39 is 16.4 Å². The van der Waals surface area contributed by atoms with Crippen LogP contribution in [-0.2, 0) is 4.79 Å². The van der Waals surface area contributed by atoms with E-state index in [2.05, 4.69) is 11.1 Å². The number of nitro groups is 1. The van der Waals surface area contributed by atoms with Crippen LogP contribution in [0.3, 0.4) is 0 Å². The molecule has 1 amide bonds. The number of nitriles is 1. The topological polar surface area (TPSA) is 127 Å². The first-order valence-electron chi connectivity index (χ1n) is 8.41. The molecule has 0 bridgehead atoms. The lowest BCUT2D eigenvalue weighted by Gasteiger charge is -2.32. The molecule has 1 N–H and O–H groups in total. The smallest absolute Gasteiger partial charge is 0.286 e. The maximum atomic E-state index is 12.2. The Hall–Kier alpha value is -2.90. The zero-order valence-electron chi connectivity index (χ0n) is 14.4. The van der Waals surface area contributed by atoms with E-state index in [9.17, 15) is 20.0 Å². The molecular weight excluding hydrogens is 370 g/mol. The Balaban J connectivity index is 1.66. The van der Waals surface area contributed by atoms with Gasteiger partial charge in [-0.15, -0.1) is 0 Å². The predicted octanol–water partition coefficient (Wildman–Crippen LogP) is -0.247. The highest BCUT2D eigenvalue weighted by Gasteiger charge is 2.29. The Kier molecular flexibility index (Phi) is 5.73. The molecule has 1 fully saturated rings. The molecule has 0 aliphatic carbocycles. The third-order valence-corrected chi connectivity index (χ3v) is 5.46. The average molecular weight is 387 g/mol. The normalized spacial score (nSPS) is 19.2. The molecule has 0 spiro atoms. The minimum Gasteiger partial charge on any atom is -0.868 e. The van der Waals surface area contributed by atoms with Gasteiger partial charge in [0.1, 0.15) is 0 Å². The first-order valence-corrected chi connectivity index (χ1v) is 9.23. The zero-order chi connectivity index (χ0) is 19.4. The summed E-state index contributed by atoms with van der Waals surface area (Å²) in [5.41, 5.74) is -0.100. The van der Waals surface area contributed by atoms with Gasteiger partial charge in [0.05, 0.1) is 55.0 Å². The highest BCUT2D eigenvalue weighted by Crippen LogP contribution is 2.32. The Morgan fingerprint density at radius 2 is 2.15 bits per heavy atom. The molecule has 0 unspecified atom stereocenters. The molecule has 2 aliphatic heterocycles. The SMILES string of the molecule is N#CCC[NH+]1CCN(C2=NC(=O)/C(=C\c3ccc([O-])c([N+](=O)[O-])c3)S2)CC1. The Morgan fingerprint density at radius 1 is 1.41 bits per heavy atom. The van der Waals surface area contributed by atoms with Gasteiger partial charge in [-0.2, -0.15) is 10.3 Å². The minimum absolute atomic E-state index is 0.372. The molecule has 1 aromatic carbocycles. The molecule has 9 nitrogen and oxygen atoms in total. The molecule has 3 rings (SSSR count). The van der Waals surface area contributed by atoms with Crippen molar-refractivity contribution < 1.29 is 19.7 Å². The Morgan fingerprint density at radius 3 is 2.81 bits per heavy atom. The Labute approximate surface area is 159 Å². The summed E-state index contributed by atoms with van der Waals surface area (Å²) >= 11 is 1.24. The number of piperazine rings is 1. The molecule has 0 saturated carbocycles. The fourth-order valence-electron chi connectivity index (χ4n) is 2.95. The van der Waals surface area contributed by atoms with E-state index in [1.54, 1.807) is 0 Å². The van der Waals surface area contributed by atoms with Crippen molar-refractivity contribution in [1.29, 1.82) is 5.26 Å². The van der Waals surface area contributed by atoms with Gasteiger partial charge in [-0.1, -0.05) is 12.1 Å². The van der Waals surface area contributed by atoms with Crippen LogP contribution in [0.2, 0.25) is 0 Å². The monoisotopic (exact) mass is 387 g/mol. The molecule has 0 atom stereocenters. The molecule has 2 heterocycles. The number of nitrogens with zero attached hydrogens (tertiary/aromatic N) is 4. The van der Waals surface area contributed by atoms with Gasteiger partial charge in [0.25, 0.3) is 11.6 Å². The van der Waals surface area contributed by atoms with Crippen molar-refractivity contribution in [3.8, 4) is 11.8 Å². The minimum atomic E-state index is -0.732. The maximum Gasteiger partial charge on any atom is 0.286 e. The van der Waals surface area contributed by atoms with E-state index in [0.717, 1.165) is 38.8 Å². The van der Waals surface area contributed by atoms with Crippen LogP contribution in [0.25, 0.3) is 6.08 Å². The number of thioether (sulfide) groups is 1. The number of benzene rings is 1. The summed E-state index contributed by atoms with van der Waals surface area (Å²) in [6.07, 6.45) is 2.05. The van der Waals surface area contributed by atoms with E-state index in [-0.39, 0.29) is 5.91 Å². The number of carbonyl (C=O) groups excluding carboxylic acids is 1. The molecule has 27 heavy (non-hydrogen) atoms. The molecule has 10 heteroatoms. The van der Waals surface area contributed by atoms with Gasteiger partial charge in [-0.05, 0) is 29.2 Å². The number of aliphatic imine (C=N–C) groups is 1. The van der Waals surface area contributed by atoms with Crippen LogP contribution in [0, 0.1) is 21.4 Å². The van der Waals surface area contributed by atoms with Crippen molar-refractivity contribution in [2.24, 2.45) is 4.99 Å². The van der Waals surface area contributed by atoms with Crippen LogP contribution in [0.4, 0.5) is 5.69 Å². The number of nitrogens with one attached hydrogen (secondary N) is 1. The lowest BCUT2D eigenvalue weighted by molar-refractivity contribution is -0.903. The number of nitro benzene ring substituents is 1. The van der Waals surface area contributed by atoms with Gasteiger partial charge >= 0.3 is 0 Å². The average Bonchev–Trinajstić information content (AvgIpc) is 3.02. The molecule has 0 aromatic heterocycles. The fraction of sp³-hybridized carbons (Fsp3) is 0.353. The van der Waals surface area contributed by atoms with Crippen LogP contribution in [0.15, 0.2) is 28.1 Å². The third kappa shape index (κ3) is 4.45. The van der Waals surface area contributed by atoms with Crippen molar-refractivity contribution >= 4 is 34.6 Å².